The van der Waals surface area contributed by atoms with Gasteiger partial charge < -0.3 is 4.74 Å². The minimum atomic E-state index is 0.358. The summed E-state index contributed by atoms with van der Waals surface area (Å²) in [5.41, 5.74) is 0.814. The van der Waals surface area contributed by atoms with Crippen LogP contribution in [0.2, 0.25) is 0 Å². The van der Waals surface area contributed by atoms with Gasteiger partial charge in [-0.05, 0) is 55.3 Å². The summed E-state index contributed by atoms with van der Waals surface area (Å²) in [5.74, 6) is 1.67. The van der Waals surface area contributed by atoms with Crippen LogP contribution in [0.5, 0.6) is 0 Å². The lowest BCUT2D eigenvalue weighted by Gasteiger charge is -2.43. The predicted molar refractivity (Wildman–Crippen MR) is 80.3 cm³/mol. The largest absolute Gasteiger partial charge is 0.381 e. The topological polar surface area (TPSA) is 9.23 Å². The van der Waals surface area contributed by atoms with Gasteiger partial charge in [0.15, 0.2) is 0 Å². The Hall–Kier alpha value is 0.250. The van der Waals surface area contributed by atoms with Crippen molar-refractivity contribution >= 4 is 11.6 Å². The van der Waals surface area contributed by atoms with E-state index in [4.69, 9.17) is 16.3 Å². The molecule has 0 N–H and O–H groups in total. The first-order chi connectivity index (χ1) is 8.43. The van der Waals surface area contributed by atoms with E-state index >= 15 is 0 Å². The van der Waals surface area contributed by atoms with Gasteiger partial charge in [0.25, 0.3) is 0 Å². The molecule has 1 fully saturated rings. The Kier molecular flexibility index (Phi) is 6.47. The molecule has 18 heavy (non-hydrogen) atoms. The van der Waals surface area contributed by atoms with Gasteiger partial charge in [-0.2, -0.15) is 0 Å². The van der Waals surface area contributed by atoms with Crippen molar-refractivity contribution in [3.05, 3.63) is 0 Å². The Balaban J connectivity index is 2.40. The van der Waals surface area contributed by atoms with E-state index in [1.54, 1.807) is 0 Å². The fraction of sp³-hybridized carbons (Fsp3) is 1.00. The molecule has 0 amide bonds. The summed E-state index contributed by atoms with van der Waals surface area (Å²) >= 11 is 6.26. The molecular formula is C16H31ClO. The van der Waals surface area contributed by atoms with Crippen LogP contribution in [0.3, 0.4) is 0 Å². The monoisotopic (exact) mass is 274 g/mol. The first-order valence-corrected chi connectivity index (χ1v) is 8.11. The lowest BCUT2D eigenvalue weighted by molar-refractivity contribution is 0.0549. The lowest BCUT2D eigenvalue weighted by Crippen LogP contribution is -2.34. The van der Waals surface area contributed by atoms with Crippen molar-refractivity contribution in [2.75, 3.05) is 19.1 Å². The smallest absolute Gasteiger partial charge is 0.0471 e. The highest BCUT2D eigenvalue weighted by Gasteiger charge is 2.37. The second-order valence-electron chi connectivity index (χ2n) is 7.14. The highest BCUT2D eigenvalue weighted by Crippen LogP contribution is 2.47. The van der Waals surface area contributed by atoms with Crippen LogP contribution in [-0.2, 0) is 4.74 Å². The normalized spacial score (nSPS) is 29.5. The number of hydrogen-bond donors (Lipinski definition) is 0. The number of rotatable bonds is 6. The first kappa shape index (κ1) is 16.3. The van der Waals surface area contributed by atoms with E-state index in [0.717, 1.165) is 37.9 Å². The minimum absolute atomic E-state index is 0.358. The molecule has 1 aliphatic rings. The summed E-state index contributed by atoms with van der Waals surface area (Å²) < 4.78 is 5.65. The van der Waals surface area contributed by atoms with Crippen molar-refractivity contribution in [2.45, 2.75) is 66.2 Å². The van der Waals surface area contributed by atoms with Gasteiger partial charge in [-0.15, -0.1) is 11.6 Å². The van der Waals surface area contributed by atoms with E-state index in [1.807, 2.05) is 0 Å². The van der Waals surface area contributed by atoms with E-state index in [1.165, 1.54) is 25.7 Å². The third kappa shape index (κ3) is 4.74. The number of ether oxygens (including phenoxy) is 1. The molecule has 0 aromatic heterocycles. The summed E-state index contributed by atoms with van der Waals surface area (Å²) in [4.78, 5) is 0. The van der Waals surface area contributed by atoms with Crippen molar-refractivity contribution in [3.63, 3.8) is 0 Å². The Morgan fingerprint density at radius 3 is 2.22 bits per heavy atom. The molecule has 0 atom stereocenters. The van der Waals surface area contributed by atoms with Crippen LogP contribution in [0.25, 0.3) is 0 Å². The second-order valence-corrected chi connectivity index (χ2v) is 7.40. The van der Waals surface area contributed by atoms with Crippen molar-refractivity contribution < 1.29 is 4.74 Å². The predicted octanol–water partition coefficient (Wildman–Crippen LogP) is 5.26. The van der Waals surface area contributed by atoms with Crippen LogP contribution in [0.1, 0.15) is 66.2 Å². The first-order valence-electron chi connectivity index (χ1n) is 7.57. The number of halogens is 1. The average Bonchev–Trinajstić information content (AvgIpc) is 2.34. The summed E-state index contributed by atoms with van der Waals surface area (Å²) in [6.45, 7) is 11.1. The zero-order chi connectivity index (χ0) is 13.6. The van der Waals surface area contributed by atoms with Crippen molar-refractivity contribution in [1.82, 2.24) is 0 Å². The quantitative estimate of drug-likeness (QED) is 0.474. The van der Waals surface area contributed by atoms with E-state index < -0.39 is 0 Å². The molecule has 0 unspecified atom stereocenters. The van der Waals surface area contributed by atoms with Crippen molar-refractivity contribution in [1.29, 1.82) is 0 Å². The lowest BCUT2D eigenvalue weighted by atomic mass is 9.64. The van der Waals surface area contributed by atoms with Gasteiger partial charge in [0.1, 0.15) is 0 Å². The Morgan fingerprint density at radius 2 is 1.78 bits per heavy atom. The van der Waals surface area contributed by atoms with E-state index in [9.17, 15) is 0 Å². The summed E-state index contributed by atoms with van der Waals surface area (Å²) in [6, 6.07) is 0. The van der Waals surface area contributed by atoms with Crippen LogP contribution in [-0.4, -0.2) is 19.1 Å². The number of hydrogen-bond acceptors (Lipinski definition) is 1. The molecule has 0 aliphatic heterocycles. The minimum Gasteiger partial charge on any atom is -0.381 e. The van der Waals surface area contributed by atoms with Crippen LogP contribution in [0.15, 0.2) is 0 Å². The SMILES string of the molecule is CCCOCCC1(CCl)CCC(C(C)(C)C)CC1. The van der Waals surface area contributed by atoms with Gasteiger partial charge in [0.05, 0.1) is 0 Å². The highest BCUT2D eigenvalue weighted by atomic mass is 35.5. The second kappa shape index (κ2) is 7.14. The molecular weight excluding hydrogens is 244 g/mol. The Labute approximate surface area is 119 Å². The molecule has 1 nitrogen and oxygen atoms in total. The maximum atomic E-state index is 6.26. The van der Waals surface area contributed by atoms with Gasteiger partial charge in [0, 0.05) is 19.1 Å². The molecule has 0 radical (unpaired) electrons. The maximum Gasteiger partial charge on any atom is 0.0471 e. The molecule has 0 aromatic rings. The number of alkyl halides is 1. The van der Waals surface area contributed by atoms with Crippen LogP contribution < -0.4 is 0 Å². The Bertz CT molecular complexity index is 224. The van der Waals surface area contributed by atoms with E-state index in [-0.39, 0.29) is 0 Å². The van der Waals surface area contributed by atoms with E-state index in [0.29, 0.717) is 10.8 Å². The molecule has 0 bridgehead atoms. The van der Waals surface area contributed by atoms with Crippen molar-refractivity contribution in [2.24, 2.45) is 16.7 Å². The van der Waals surface area contributed by atoms with Gasteiger partial charge in [-0.3, -0.25) is 0 Å². The molecule has 1 aliphatic carbocycles. The average molecular weight is 275 g/mol. The van der Waals surface area contributed by atoms with Crippen LogP contribution in [0, 0.1) is 16.7 Å². The van der Waals surface area contributed by atoms with Crippen LogP contribution >= 0.6 is 11.6 Å². The molecule has 0 aromatic carbocycles. The fourth-order valence-electron chi connectivity index (χ4n) is 3.08. The maximum absolute atomic E-state index is 6.26. The fourth-order valence-corrected chi connectivity index (χ4v) is 3.48. The standard InChI is InChI=1S/C16H31ClO/c1-5-11-18-12-10-16(13-17)8-6-14(7-9-16)15(2,3)4/h14H,5-13H2,1-4H3. The van der Waals surface area contributed by atoms with Gasteiger partial charge in [-0.1, -0.05) is 27.7 Å². The summed E-state index contributed by atoms with van der Waals surface area (Å²) in [5, 5.41) is 0. The molecule has 108 valence electrons. The summed E-state index contributed by atoms with van der Waals surface area (Å²) in [6.07, 6.45) is 7.50. The molecule has 0 saturated heterocycles. The molecule has 0 spiro atoms. The molecule has 1 saturated carbocycles. The van der Waals surface area contributed by atoms with Crippen LogP contribution in [0.4, 0.5) is 0 Å². The Morgan fingerprint density at radius 1 is 1.17 bits per heavy atom. The van der Waals surface area contributed by atoms with Gasteiger partial charge in [0.2, 0.25) is 0 Å². The van der Waals surface area contributed by atoms with Gasteiger partial charge >= 0.3 is 0 Å². The third-order valence-electron chi connectivity index (χ3n) is 4.68. The summed E-state index contributed by atoms with van der Waals surface area (Å²) in [7, 11) is 0. The highest BCUT2D eigenvalue weighted by molar-refractivity contribution is 6.18. The molecule has 2 heteroatoms. The molecule has 1 rings (SSSR count). The third-order valence-corrected chi connectivity index (χ3v) is 5.25. The zero-order valence-electron chi connectivity index (χ0n) is 12.7. The molecule has 0 heterocycles. The van der Waals surface area contributed by atoms with E-state index in [2.05, 4.69) is 27.7 Å². The van der Waals surface area contributed by atoms with Gasteiger partial charge in [-0.25, -0.2) is 0 Å². The zero-order valence-corrected chi connectivity index (χ0v) is 13.5. The van der Waals surface area contributed by atoms with Crippen molar-refractivity contribution in [3.8, 4) is 0 Å².